The summed E-state index contributed by atoms with van der Waals surface area (Å²) in [6.45, 7) is 6.36. The number of aromatic nitrogens is 2. The third-order valence-electron chi connectivity index (χ3n) is 3.88. The largest absolute Gasteiger partial charge is 0.462 e. The van der Waals surface area contributed by atoms with Gasteiger partial charge in [0.15, 0.2) is 23.2 Å². The number of unbranched alkanes of at least 4 members (excludes halogenated alkanes) is 1. The first-order valence-electron chi connectivity index (χ1n) is 9.35. The van der Waals surface area contributed by atoms with Gasteiger partial charge in [0.05, 0.1) is 22.3 Å². The Bertz CT molecular complexity index is 1070. The molecule has 1 aromatic heterocycles. The molecule has 2 N–H and O–H groups in total. The fourth-order valence-electron chi connectivity index (χ4n) is 2.23. The number of hydrogen-bond acceptors (Lipinski definition) is 6. The normalized spacial score (nSPS) is 9.03. The van der Waals surface area contributed by atoms with Gasteiger partial charge in [0.1, 0.15) is 12.9 Å². The fourth-order valence-corrected chi connectivity index (χ4v) is 2.23. The average Bonchev–Trinajstić information content (AvgIpc) is 2.83. The van der Waals surface area contributed by atoms with Crippen LogP contribution in [0.1, 0.15) is 42.6 Å². The first-order valence-corrected chi connectivity index (χ1v) is 9.35. The van der Waals surface area contributed by atoms with Gasteiger partial charge in [0.25, 0.3) is 0 Å². The first-order chi connectivity index (χ1) is 15.4. The molecule has 32 heavy (non-hydrogen) atoms. The van der Waals surface area contributed by atoms with E-state index in [1.54, 1.807) is 0 Å². The lowest BCUT2D eigenvalue weighted by molar-refractivity contribution is -0.0980. The van der Waals surface area contributed by atoms with Gasteiger partial charge in [-0.05, 0) is 18.2 Å². The zero-order valence-corrected chi connectivity index (χ0v) is 18.0. The molecule has 170 valence electrons. The summed E-state index contributed by atoms with van der Waals surface area (Å²) in [6, 6.07) is 4.88. The van der Waals surface area contributed by atoms with Crippen molar-refractivity contribution < 1.29 is 27.9 Å². The molecule has 3 rings (SSSR count). The number of carbonyl (C=O) groups is 2. The summed E-state index contributed by atoms with van der Waals surface area (Å²) in [5.41, 5.74) is -0.335. The Hall–Kier alpha value is -3.93. The lowest BCUT2D eigenvalue weighted by Gasteiger charge is -2.10. The molecule has 1 heterocycles. The number of nitrogens with zero attached hydrogens (tertiary/aromatic N) is 2. The monoisotopic (exact) mass is 447 g/mol. The molecular formula is C23H24F3N3O3. The Morgan fingerprint density at radius 3 is 2.09 bits per heavy atom. The molecule has 0 radical (unpaired) electrons. The van der Waals surface area contributed by atoms with Crippen molar-refractivity contribution >= 4 is 29.3 Å². The van der Waals surface area contributed by atoms with E-state index >= 15 is 0 Å². The van der Waals surface area contributed by atoms with Crippen LogP contribution < -0.4 is 5.32 Å². The van der Waals surface area contributed by atoms with Crippen molar-refractivity contribution in [1.82, 2.24) is 9.97 Å². The van der Waals surface area contributed by atoms with Crippen LogP contribution in [0.15, 0.2) is 36.7 Å². The number of halogens is 3. The van der Waals surface area contributed by atoms with Gasteiger partial charge in [-0.2, -0.15) is 0 Å². The predicted molar refractivity (Wildman–Crippen MR) is 117 cm³/mol. The molecule has 0 fully saturated rings. The fraction of sp³-hybridized carbons (Fsp3) is 0.217. The Morgan fingerprint density at radius 2 is 1.59 bits per heavy atom. The lowest BCUT2D eigenvalue weighted by atomic mass is 10.0. The molecular weight excluding hydrogens is 423 g/mol. The maximum absolute atomic E-state index is 14.2. The zero-order valence-electron chi connectivity index (χ0n) is 18.0. The van der Waals surface area contributed by atoms with E-state index < -0.39 is 28.8 Å². The van der Waals surface area contributed by atoms with Crippen LogP contribution in [0.5, 0.6) is 0 Å². The average molecular weight is 447 g/mol. The van der Waals surface area contributed by atoms with Crippen molar-refractivity contribution in [3.63, 3.8) is 0 Å². The number of rotatable bonds is 4. The zero-order chi connectivity index (χ0) is 24.7. The van der Waals surface area contributed by atoms with E-state index in [-0.39, 0.29) is 11.3 Å². The maximum Gasteiger partial charge on any atom is 0.199 e. The number of anilines is 1. The van der Waals surface area contributed by atoms with Gasteiger partial charge < -0.3 is 15.2 Å². The molecule has 2 aromatic carbocycles. The molecule has 0 atom stereocenters. The van der Waals surface area contributed by atoms with Crippen LogP contribution in [-0.2, 0) is 4.79 Å². The topological polar surface area (TPSA) is 92.2 Å². The Balaban J connectivity index is 0.000000926. The molecule has 0 saturated carbocycles. The van der Waals surface area contributed by atoms with E-state index in [0.29, 0.717) is 17.1 Å². The molecule has 0 aliphatic carbocycles. The molecule has 0 amide bonds. The van der Waals surface area contributed by atoms with Crippen LogP contribution in [0.3, 0.4) is 0 Å². The number of aliphatic hydroxyl groups excluding tert-OH is 1. The summed E-state index contributed by atoms with van der Waals surface area (Å²) in [6.07, 6.45) is 11.0. The van der Waals surface area contributed by atoms with Gasteiger partial charge in [0.2, 0.25) is 0 Å². The highest BCUT2D eigenvalue weighted by atomic mass is 19.2. The number of hydrogen-bond donors (Lipinski definition) is 2. The summed E-state index contributed by atoms with van der Waals surface area (Å²) in [4.78, 5) is 28.5. The molecule has 0 spiro atoms. The van der Waals surface area contributed by atoms with E-state index in [0.717, 1.165) is 0 Å². The molecule has 0 aliphatic heterocycles. The summed E-state index contributed by atoms with van der Waals surface area (Å²) >= 11 is 0. The molecule has 6 nitrogen and oxygen atoms in total. The highest BCUT2D eigenvalue weighted by Crippen LogP contribution is 2.26. The summed E-state index contributed by atoms with van der Waals surface area (Å²) < 4.78 is 41.8. The standard InChI is InChI=1S/C16H10F3N3O.C4H10.C2H2O.CH2O/c1-20-12-7-9(17)14(18)13(15(12)19)16(23)8-2-3-10-11(6-8)22-5-4-21-10;1-3-4-2;1-2-3;1-2/h2-7,20H,1H3;3-4H2,1-2H3;1,3H;1H2. The number of fused-ring (bicyclic) bond motifs is 1. The number of ketones is 1. The molecule has 0 bridgehead atoms. The van der Waals surface area contributed by atoms with Gasteiger partial charge in [-0.3, -0.25) is 14.8 Å². The highest BCUT2D eigenvalue weighted by Gasteiger charge is 2.25. The van der Waals surface area contributed by atoms with Gasteiger partial charge >= 0.3 is 0 Å². The Morgan fingerprint density at radius 1 is 1.06 bits per heavy atom. The van der Waals surface area contributed by atoms with Crippen LogP contribution in [0.25, 0.3) is 11.0 Å². The van der Waals surface area contributed by atoms with E-state index in [4.69, 9.17) is 9.90 Å². The van der Waals surface area contributed by atoms with Gasteiger partial charge in [-0.25, -0.2) is 13.2 Å². The number of benzene rings is 2. The number of terminal acetylenes is 1. The quantitative estimate of drug-likeness (QED) is 0.336. The highest BCUT2D eigenvalue weighted by molar-refractivity contribution is 6.11. The number of aliphatic hydroxyl groups is 1. The predicted octanol–water partition coefficient (Wildman–Crippen LogP) is 4.89. The minimum Gasteiger partial charge on any atom is -0.462 e. The lowest BCUT2D eigenvalue weighted by Crippen LogP contribution is -2.11. The molecule has 3 aromatic rings. The van der Waals surface area contributed by atoms with Crippen molar-refractivity contribution in [2.24, 2.45) is 0 Å². The molecule has 0 unspecified atom stereocenters. The van der Waals surface area contributed by atoms with Crippen molar-refractivity contribution in [3.05, 3.63) is 65.2 Å². The van der Waals surface area contributed by atoms with E-state index in [1.165, 1.54) is 56.6 Å². The van der Waals surface area contributed by atoms with Crippen molar-refractivity contribution in [1.29, 1.82) is 0 Å². The second-order valence-electron chi connectivity index (χ2n) is 5.88. The van der Waals surface area contributed by atoms with E-state index in [2.05, 4.69) is 35.6 Å². The van der Waals surface area contributed by atoms with Crippen LogP contribution in [0, 0.1) is 30.0 Å². The number of carbonyl (C=O) groups excluding carboxylic acids is 2. The second kappa shape index (κ2) is 15.0. The van der Waals surface area contributed by atoms with Crippen LogP contribution in [0.2, 0.25) is 0 Å². The minimum absolute atomic E-state index is 0.0107. The molecule has 9 heteroatoms. The van der Waals surface area contributed by atoms with Crippen LogP contribution in [-0.4, -0.2) is 34.7 Å². The SMILES string of the molecule is C#CO.C=O.CCCC.CNc1cc(F)c(F)c(C(=O)c2ccc3nccnc3c2)c1F. The summed E-state index contributed by atoms with van der Waals surface area (Å²) in [7, 11) is 1.34. The summed E-state index contributed by atoms with van der Waals surface area (Å²) in [5, 5.41) is 9.48. The number of nitrogens with one attached hydrogen (secondary N) is 1. The second-order valence-corrected chi connectivity index (χ2v) is 5.88. The van der Waals surface area contributed by atoms with E-state index in [1.807, 2.05) is 6.79 Å². The van der Waals surface area contributed by atoms with Crippen LogP contribution in [0.4, 0.5) is 18.9 Å². The van der Waals surface area contributed by atoms with Gasteiger partial charge in [-0.1, -0.05) is 33.1 Å². The third kappa shape index (κ3) is 7.40. The third-order valence-corrected chi connectivity index (χ3v) is 3.88. The summed E-state index contributed by atoms with van der Waals surface area (Å²) in [5.74, 6) is -4.94. The van der Waals surface area contributed by atoms with Gasteiger partial charge in [0, 0.05) is 31.1 Å². The van der Waals surface area contributed by atoms with Crippen LogP contribution >= 0.6 is 0 Å². The van der Waals surface area contributed by atoms with Gasteiger partial charge in [-0.15, -0.1) is 0 Å². The Labute approximate surface area is 184 Å². The molecule has 0 saturated heterocycles. The molecule has 0 aliphatic rings. The van der Waals surface area contributed by atoms with Crippen molar-refractivity contribution in [2.75, 3.05) is 12.4 Å². The first kappa shape index (κ1) is 28.1. The smallest absolute Gasteiger partial charge is 0.199 e. The maximum atomic E-state index is 14.2. The van der Waals surface area contributed by atoms with Crippen molar-refractivity contribution in [2.45, 2.75) is 26.7 Å². The Kier molecular flexibility index (Phi) is 13.1. The van der Waals surface area contributed by atoms with E-state index in [9.17, 15) is 18.0 Å². The van der Waals surface area contributed by atoms with Crippen molar-refractivity contribution in [3.8, 4) is 12.5 Å². The minimum atomic E-state index is -1.52.